The lowest BCUT2D eigenvalue weighted by atomic mass is 9.72. The molecule has 0 radical (unpaired) electrons. The van der Waals surface area contributed by atoms with E-state index in [0.717, 1.165) is 69.8 Å². The van der Waals surface area contributed by atoms with Crippen molar-refractivity contribution in [3.05, 3.63) is 21.4 Å². The van der Waals surface area contributed by atoms with E-state index < -0.39 is 0 Å². The number of carbonyl (C=O) groups excluding carboxylic acids is 2. The van der Waals surface area contributed by atoms with Crippen molar-refractivity contribution in [3.8, 4) is 0 Å². The van der Waals surface area contributed by atoms with Crippen molar-refractivity contribution in [2.45, 2.75) is 52.9 Å². The highest BCUT2D eigenvalue weighted by Gasteiger charge is 2.32. The fourth-order valence-corrected chi connectivity index (χ4v) is 6.07. The maximum atomic E-state index is 13.1. The highest BCUT2D eigenvalue weighted by Crippen LogP contribution is 2.40. The summed E-state index contributed by atoms with van der Waals surface area (Å²) in [6.07, 6.45) is 5.72. The zero-order chi connectivity index (χ0) is 20.6. The van der Waals surface area contributed by atoms with Gasteiger partial charge in [0.05, 0.1) is 11.4 Å². The molecule has 1 aromatic heterocycles. The lowest BCUT2D eigenvalue weighted by Gasteiger charge is -2.34. The van der Waals surface area contributed by atoms with Crippen LogP contribution in [-0.4, -0.2) is 72.3 Å². The van der Waals surface area contributed by atoms with Gasteiger partial charge in [-0.2, -0.15) is 0 Å². The zero-order valence-electron chi connectivity index (χ0n) is 18.2. The zero-order valence-corrected chi connectivity index (χ0v) is 19.0. The number of rotatable bonds is 3. The van der Waals surface area contributed by atoms with Crippen LogP contribution in [-0.2, 0) is 17.6 Å². The predicted molar refractivity (Wildman–Crippen MR) is 117 cm³/mol. The number of carbonyl (C=O) groups is 2. The molecule has 0 bridgehead atoms. The Morgan fingerprint density at radius 3 is 2.38 bits per heavy atom. The van der Waals surface area contributed by atoms with Crippen LogP contribution in [0.4, 0.5) is 0 Å². The Balaban J connectivity index is 1.31. The first-order valence-corrected chi connectivity index (χ1v) is 12.0. The molecule has 2 amide bonds. The number of hydrogen-bond donors (Lipinski definition) is 0. The molecule has 29 heavy (non-hydrogen) atoms. The van der Waals surface area contributed by atoms with Crippen molar-refractivity contribution >= 4 is 23.2 Å². The summed E-state index contributed by atoms with van der Waals surface area (Å²) >= 11 is 1.71. The highest BCUT2D eigenvalue weighted by atomic mass is 32.1. The van der Waals surface area contributed by atoms with Crippen LogP contribution in [0.5, 0.6) is 0 Å². The molecule has 0 spiro atoms. The summed E-state index contributed by atoms with van der Waals surface area (Å²) < 4.78 is 0. The Hall–Kier alpha value is -1.40. The first kappa shape index (κ1) is 20.9. The second-order valence-corrected chi connectivity index (χ2v) is 11.2. The summed E-state index contributed by atoms with van der Waals surface area (Å²) in [7, 11) is 0. The molecule has 4 rings (SSSR count). The molecule has 0 N–H and O–H groups in total. The molecule has 2 aliphatic heterocycles. The summed E-state index contributed by atoms with van der Waals surface area (Å²) in [6, 6.07) is 2.17. The third kappa shape index (κ3) is 4.69. The van der Waals surface area contributed by atoms with Crippen molar-refractivity contribution in [1.29, 1.82) is 0 Å². The summed E-state index contributed by atoms with van der Waals surface area (Å²) in [4.78, 5) is 33.9. The molecular formula is C23H35N3O2S. The Kier molecular flexibility index (Phi) is 6.03. The molecular weight excluding hydrogens is 382 g/mol. The third-order valence-electron chi connectivity index (χ3n) is 7.00. The molecule has 160 valence electrons. The van der Waals surface area contributed by atoms with Crippen LogP contribution in [0.2, 0.25) is 0 Å². The first-order chi connectivity index (χ1) is 13.8. The Morgan fingerprint density at radius 2 is 1.72 bits per heavy atom. The lowest BCUT2D eigenvalue weighted by Crippen LogP contribution is -2.51. The molecule has 6 heteroatoms. The van der Waals surface area contributed by atoms with Gasteiger partial charge in [0, 0.05) is 44.1 Å². The normalized spacial score (nSPS) is 23.3. The van der Waals surface area contributed by atoms with E-state index >= 15 is 0 Å². The number of aryl methyl sites for hydroxylation is 1. The van der Waals surface area contributed by atoms with E-state index in [0.29, 0.717) is 17.9 Å². The molecule has 2 saturated heterocycles. The smallest absolute Gasteiger partial charge is 0.264 e. The first-order valence-electron chi connectivity index (χ1n) is 11.2. The molecule has 0 aromatic carbocycles. The molecule has 5 nitrogen and oxygen atoms in total. The number of hydrogen-bond acceptors (Lipinski definition) is 4. The van der Waals surface area contributed by atoms with Gasteiger partial charge in [-0.15, -0.1) is 11.3 Å². The van der Waals surface area contributed by atoms with Gasteiger partial charge in [0.15, 0.2) is 0 Å². The number of thiophene rings is 1. The van der Waals surface area contributed by atoms with Gasteiger partial charge < -0.3 is 9.80 Å². The minimum atomic E-state index is 0.183. The van der Waals surface area contributed by atoms with Gasteiger partial charge in [0.2, 0.25) is 5.91 Å². The molecule has 3 aliphatic rings. The van der Waals surface area contributed by atoms with E-state index in [9.17, 15) is 9.59 Å². The molecule has 0 saturated carbocycles. The van der Waals surface area contributed by atoms with Crippen LogP contribution in [0, 0.1) is 11.3 Å². The molecule has 0 unspecified atom stereocenters. The average Bonchev–Trinajstić information content (AvgIpc) is 3.36. The number of amides is 2. The molecule has 3 heterocycles. The van der Waals surface area contributed by atoms with Crippen LogP contribution < -0.4 is 0 Å². The van der Waals surface area contributed by atoms with E-state index in [2.05, 4.69) is 31.7 Å². The monoisotopic (exact) mass is 417 g/mol. The van der Waals surface area contributed by atoms with E-state index in [1.807, 2.05) is 9.80 Å². The standard InChI is InChI=1S/C23H35N3O2S/c1-23(2,3)18-6-7-19-17(14-18)15-20(29-19)22(28)26-12-10-24(11-13-26)16-21(27)25-8-4-5-9-25/h15,18H,4-14,16H2,1-3H3/t18-/m0/s1. The maximum Gasteiger partial charge on any atom is 0.264 e. The third-order valence-corrected chi connectivity index (χ3v) is 8.22. The molecule has 1 aliphatic carbocycles. The van der Waals surface area contributed by atoms with Crippen molar-refractivity contribution in [2.75, 3.05) is 45.8 Å². The van der Waals surface area contributed by atoms with Gasteiger partial charge in [-0.3, -0.25) is 14.5 Å². The van der Waals surface area contributed by atoms with Crippen molar-refractivity contribution in [1.82, 2.24) is 14.7 Å². The van der Waals surface area contributed by atoms with Gasteiger partial charge >= 0.3 is 0 Å². The van der Waals surface area contributed by atoms with E-state index in [-0.39, 0.29) is 11.8 Å². The lowest BCUT2D eigenvalue weighted by molar-refractivity contribution is -0.131. The summed E-state index contributed by atoms with van der Waals surface area (Å²) in [6.45, 7) is 12.3. The van der Waals surface area contributed by atoms with Crippen LogP contribution in [0.3, 0.4) is 0 Å². The minimum absolute atomic E-state index is 0.183. The highest BCUT2D eigenvalue weighted by molar-refractivity contribution is 7.14. The van der Waals surface area contributed by atoms with Crippen LogP contribution in [0.25, 0.3) is 0 Å². The number of likely N-dealkylation sites (tertiary alicyclic amines) is 1. The minimum Gasteiger partial charge on any atom is -0.342 e. The van der Waals surface area contributed by atoms with Crippen molar-refractivity contribution in [3.63, 3.8) is 0 Å². The molecule has 1 aromatic rings. The SMILES string of the molecule is CC(C)(C)[C@H]1CCc2sc(C(=O)N3CCN(CC(=O)N4CCCC4)CC3)cc2C1. The van der Waals surface area contributed by atoms with E-state index in [1.165, 1.54) is 16.9 Å². The second kappa shape index (κ2) is 8.38. The van der Waals surface area contributed by atoms with Gasteiger partial charge in [-0.1, -0.05) is 20.8 Å². The Bertz CT molecular complexity index is 753. The fourth-order valence-electron chi connectivity index (χ4n) is 4.89. The largest absolute Gasteiger partial charge is 0.342 e. The van der Waals surface area contributed by atoms with Crippen molar-refractivity contribution < 1.29 is 9.59 Å². The maximum absolute atomic E-state index is 13.1. The van der Waals surface area contributed by atoms with Gasteiger partial charge in [0.1, 0.15) is 0 Å². The van der Waals surface area contributed by atoms with Crippen LogP contribution in [0.1, 0.15) is 60.1 Å². The number of nitrogens with zero attached hydrogens (tertiary/aromatic N) is 3. The number of piperazine rings is 1. The van der Waals surface area contributed by atoms with E-state index in [1.54, 1.807) is 11.3 Å². The summed E-state index contributed by atoms with van der Waals surface area (Å²) in [5.74, 6) is 1.13. The van der Waals surface area contributed by atoms with Crippen LogP contribution >= 0.6 is 11.3 Å². The Labute approximate surface area is 179 Å². The van der Waals surface area contributed by atoms with Crippen LogP contribution in [0.15, 0.2) is 6.07 Å². The van der Waals surface area contributed by atoms with Gasteiger partial charge in [-0.05, 0) is 55.1 Å². The number of fused-ring (bicyclic) bond motifs is 1. The molecule has 1 atom stereocenters. The van der Waals surface area contributed by atoms with Gasteiger partial charge in [-0.25, -0.2) is 0 Å². The van der Waals surface area contributed by atoms with E-state index in [4.69, 9.17) is 0 Å². The molecule has 2 fully saturated rings. The Morgan fingerprint density at radius 1 is 1.03 bits per heavy atom. The van der Waals surface area contributed by atoms with Crippen molar-refractivity contribution in [2.24, 2.45) is 11.3 Å². The fraction of sp³-hybridized carbons (Fsp3) is 0.739. The van der Waals surface area contributed by atoms with Gasteiger partial charge in [0.25, 0.3) is 5.91 Å². The predicted octanol–water partition coefficient (Wildman–Crippen LogP) is 3.28. The quantitative estimate of drug-likeness (QED) is 0.758. The second-order valence-electron chi connectivity index (χ2n) is 10.0. The topological polar surface area (TPSA) is 43.9 Å². The summed E-state index contributed by atoms with van der Waals surface area (Å²) in [5.41, 5.74) is 1.73. The average molecular weight is 418 g/mol. The summed E-state index contributed by atoms with van der Waals surface area (Å²) in [5, 5.41) is 0.